The van der Waals surface area contributed by atoms with Crippen LogP contribution in [0.2, 0.25) is 0 Å². The highest BCUT2D eigenvalue weighted by Gasteiger charge is 2.18. The van der Waals surface area contributed by atoms with Crippen LogP contribution in [-0.2, 0) is 6.54 Å². The van der Waals surface area contributed by atoms with E-state index >= 15 is 0 Å². The second-order valence-electron chi connectivity index (χ2n) is 4.07. The lowest BCUT2D eigenvalue weighted by atomic mass is 10.2. The van der Waals surface area contributed by atoms with Crippen molar-refractivity contribution in [2.75, 3.05) is 20.9 Å². The van der Waals surface area contributed by atoms with Crippen LogP contribution in [0.3, 0.4) is 0 Å². The minimum Gasteiger partial charge on any atom is -0.454 e. The summed E-state index contributed by atoms with van der Waals surface area (Å²) in [4.78, 5) is 9.83. The van der Waals surface area contributed by atoms with Crippen molar-refractivity contribution in [2.24, 2.45) is 21.5 Å². The number of hydrogen-bond donors (Lipinski definition) is 2. The Morgan fingerprint density at radius 2 is 2.16 bits per heavy atom. The first-order valence-corrected chi connectivity index (χ1v) is 5.77. The molecular formula is C12H17N5O2. The summed E-state index contributed by atoms with van der Waals surface area (Å²) in [6.45, 7) is 0.814. The third-order valence-electron chi connectivity index (χ3n) is 2.66. The molecule has 2 rings (SSSR count). The van der Waals surface area contributed by atoms with Crippen LogP contribution in [0.1, 0.15) is 5.56 Å². The summed E-state index contributed by atoms with van der Waals surface area (Å²) >= 11 is 0. The number of aliphatic imine (C=N–C) groups is 2. The normalized spacial score (nSPS) is 13.3. The van der Waals surface area contributed by atoms with Gasteiger partial charge in [-0.15, -0.1) is 0 Å². The highest BCUT2D eigenvalue weighted by Crippen LogP contribution is 2.35. The molecule has 0 aliphatic carbocycles. The van der Waals surface area contributed by atoms with E-state index in [1.165, 1.54) is 0 Å². The first-order valence-electron chi connectivity index (χ1n) is 5.77. The first-order chi connectivity index (χ1) is 9.11. The lowest BCUT2D eigenvalue weighted by molar-refractivity contribution is 0.173. The Hall–Kier alpha value is -2.44. The van der Waals surface area contributed by atoms with Crippen molar-refractivity contribution in [1.82, 2.24) is 4.90 Å². The maximum absolute atomic E-state index is 5.45. The van der Waals surface area contributed by atoms with E-state index in [1.807, 2.05) is 30.1 Å². The maximum Gasteiger partial charge on any atom is 0.231 e. The van der Waals surface area contributed by atoms with Crippen molar-refractivity contribution in [3.63, 3.8) is 0 Å². The number of hydrogen-bond acceptors (Lipinski definition) is 3. The van der Waals surface area contributed by atoms with Crippen molar-refractivity contribution in [3.05, 3.63) is 23.8 Å². The number of nitrogens with zero attached hydrogens (tertiary/aromatic N) is 3. The monoisotopic (exact) mass is 263 g/mol. The van der Waals surface area contributed by atoms with Gasteiger partial charge in [-0.25, -0.2) is 0 Å². The molecule has 0 amide bonds. The molecule has 0 bridgehead atoms. The van der Waals surface area contributed by atoms with E-state index in [0.29, 0.717) is 12.5 Å². The van der Waals surface area contributed by atoms with Gasteiger partial charge in [0.1, 0.15) is 0 Å². The summed E-state index contributed by atoms with van der Waals surface area (Å²) in [5, 5.41) is 0. The first kappa shape index (κ1) is 13.0. The summed E-state index contributed by atoms with van der Waals surface area (Å²) in [5.41, 5.74) is 11.7. The third-order valence-corrected chi connectivity index (χ3v) is 2.66. The molecule has 1 aromatic rings. The molecular weight excluding hydrogens is 246 g/mol. The summed E-state index contributed by atoms with van der Waals surface area (Å²) in [6, 6.07) is 5.75. The van der Waals surface area contributed by atoms with Gasteiger partial charge >= 0.3 is 0 Å². The lowest BCUT2D eigenvalue weighted by Gasteiger charge is -2.18. The van der Waals surface area contributed by atoms with E-state index in [4.69, 9.17) is 20.9 Å². The smallest absolute Gasteiger partial charge is 0.231 e. The number of rotatable bonds is 2. The highest BCUT2D eigenvalue weighted by atomic mass is 16.7. The molecule has 0 atom stereocenters. The zero-order chi connectivity index (χ0) is 13.8. The molecule has 1 aliphatic rings. The topological polar surface area (TPSA) is 98.5 Å². The van der Waals surface area contributed by atoms with E-state index in [0.717, 1.165) is 17.1 Å². The van der Waals surface area contributed by atoms with Crippen LogP contribution in [0.5, 0.6) is 11.5 Å². The fourth-order valence-corrected chi connectivity index (χ4v) is 1.86. The van der Waals surface area contributed by atoms with Gasteiger partial charge in [-0.3, -0.25) is 4.99 Å². The van der Waals surface area contributed by atoms with Crippen LogP contribution < -0.4 is 20.9 Å². The molecule has 0 saturated carbocycles. The van der Waals surface area contributed by atoms with Crippen LogP contribution in [0.15, 0.2) is 28.2 Å². The van der Waals surface area contributed by atoms with Crippen molar-refractivity contribution in [2.45, 2.75) is 6.54 Å². The zero-order valence-corrected chi connectivity index (χ0v) is 11.0. The Bertz CT molecular complexity index is 523. The van der Waals surface area contributed by atoms with Crippen molar-refractivity contribution in [3.8, 4) is 11.5 Å². The standard InChI is InChI=1S/C12H17N5O2/c1-15-12(16-11(13)14)17(2)6-8-4-3-5-9-10(8)19-7-18-9/h3-5H,6-7H2,1-2H3,(H4,13,14,15,16). The number of fused-ring (bicyclic) bond motifs is 1. The summed E-state index contributed by atoms with van der Waals surface area (Å²) in [5.74, 6) is 1.94. The van der Waals surface area contributed by atoms with Crippen LogP contribution >= 0.6 is 0 Å². The molecule has 4 N–H and O–H groups in total. The minimum absolute atomic E-state index is 0.0228. The second kappa shape index (κ2) is 5.47. The fourth-order valence-electron chi connectivity index (χ4n) is 1.86. The zero-order valence-electron chi connectivity index (χ0n) is 11.0. The predicted molar refractivity (Wildman–Crippen MR) is 73.2 cm³/mol. The predicted octanol–water partition coefficient (Wildman–Crippen LogP) is 0.106. The Kier molecular flexibility index (Phi) is 3.74. The van der Waals surface area contributed by atoms with Gasteiger partial charge in [0.2, 0.25) is 12.8 Å². The molecule has 7 nitrogen and oxygen atoms in total. The van der Waals surface area contributed by atoms with E-state index < -0.39 is 0 Å². The minimum atomic E-state index is -0.0228. The Morgan fingerprint density at radius 3 is 2.84 bits per heavy atom. The molecule has 7 heteroatoms. The lowest BCUT2D eigenvalue weighted by Crippen LogP contribution is -2.31. The number of benzene rings is 1. The average molecular weight is 263 g/mol. The van der Waals surface area contributed by atoms with Gasteiger partial charge in [0.25, 0.3) is 0 Å². The Morgan fingerprint density at radius 1 is 1.37 bits per heavy atom. The van der Waals surface area contributed by atoms with Crippen LogP contribution in [-0.4, -0.2) is 37.7 Å². The quantitative estimate of drug-likeness (QED) is 0.582. The van der Waals surface area contributed by atoms with Gasteiger partial charge in [-0.2, -0.15) is 4.99 Å². The number of nitrogens with two attached hydrogens (primary N) is 2. The van der Waals surface area contributed by atoms with E-state index in [9.17, 15) is 0 Å². The van der Waals surface area contributed by atoms with Gasteiger partial charge < -0.3 is 25.8 Å². The number of guanidine groups is 2. The van der Waals surface area contributed by atoms with Crippen molar-refractivity contribution < 1.29 is 9.47 Å². The van der Waals surface area contributed by atoms with Gasteiger partial charge in [-0.1, -0.05) is 12.1 Å². The van der Waals surface area contributed by atoms with E-state index in [-0.39, 0.29) is 12.8 Å². The molecule has 1 heterocycles. The van der Waals surface area contributed by atoms with E-state index in [1.54, 1.807) is 7.05 Å². The second-order valence-corrected chi connectivity index (χ2v) is 4.07. The molecule has 0 fully saturated rings. The molecule has 0 radical (unpaired) electrons. The SMILES string of the molecule is CN=C(N=C(N)N)N(C)Cc1cccc2c1OCO2. The molecule has 1 aliphatic heterocycles. The Labute approximate surface area is 111 Å². The summed E-state index contributed by atoms with van der Waals surface area (Å²) in [7, 11) is 3.48. The third kappa shape index (κ3) is 2.87. The van der Waals surface area contributed by atoms with Crippen LogP contribution in [0.4, 0.5) is 0 Å². The summed E-state index contributed by atoms with van der Waals surface area (Å²) in [6.07, 6.45) is 0. The molecule has 102 valence electrons. The van der Waals surface area contributed by atoms with Crippen LogP contribution in [0.25, 0.3) is 0 Å². The maximum atomic E-state index is 5.45. The largest absolute Gasteiger partial charge is 0.454 e. The van der Waals surface area contributed by atoms with Crippen molar-refractivity contribution >= 4 is 11.9 Å². The molecule has 0 aromatic heterocycles. The highest BCUT2D eigenvalue weighted by molar-refractivity contribution is 5.93. The van der Waals surface area contributed by atoms with Gasteiger partial charge in [0.15, 0.2) is 17.5 Å². The average Bonchev–Trinajstić information content (AvgIpc) is 2.84. The van der Waals surface area contributed by atoms with Gasteiger partial charge in [0, 0.05) is 26.2 Å². The number of para-hydroxylation sites is 1. The number of ether oxygens (including phenoxy) is 2. The van der Waals surface area contributed by atoms with Gasteiger partial charge in [0.05, 0.1) is 0 Å². The fraction of sp³-hybridized carbons (Fsp3) is 0.333. The molecule has 0 saturated heterocycles. The van der Waals surface area contributed by atoms with E-state index in [2.05, 4.69) is 9.98 Å². The Balaban J connectivity index is 2.18. The molecule has 1 aromatic carbocycles. The van der Waals surface area contributed by atoms with Gasteiger partial charge in [-0.05, 0) is 6.07 Å². The molecule has 0 spiro atoms. The summed E-state index contributed by atoms with van der Waals surface area (Å²) < 4.78 is 10.8. The molecule has 0 unspecified atom stereocenters. The molecule has 19 heavy (non-hydrogen) atoms. The van der Waals surface area contributed by atoms with Crippen molar-refractivity contribution in [1.29, 1.82) is 0 Å². The van der Waals surface area contributed by atoms with Crippen LogP contribution in [0, 0.1) is 0 Å².